The van der Waals surface area contributed by atoms with Gasteiger partial charge in [0.25, 0.3) is 11.8 Å². The van der Waals surface area contributed by atoms with Gasteiger partial charge in [-0.2, -0.15) is 0 Å². The fraction of sp³-hybridized carbons (Fsp3) is 0.462. The third-order valence-corrected chi connectivity index (χ3v) is 6.51. The number of likely N-dealkylation sites (tertiary alicyclic amines) is 2. The Bertz CT molecular complexity index is 895. The summed E-state index contributed by atoms with van der Waals surface area (Å²) in [4.78, 5) is 29.3. The van der Waals surface area contributed by atoms with Crippen molar-refractivity contribution in [3.63, 3.8) is 0 Å². The molecule has 0 atom stereocenters. The summed E-state index contributed by atoms with van der Waals surface area (Å²) in [6.45, 7) is 5.89. The van der Waals surface area contributed by atoms with E-state index in [1.54, 1.807) is 0 Å². The molecule has 4 rings (SSSR count). The maximum Gasteiger partial charge on any atom is 0.254 e. The highest BCUT2D eigenvalue weighted by molar-refractivity contribution is 5.95. The van der Waals surface area contributed by atoms with Gasteiger partial charge in [-0.05, 0) is 80.8 Å². The zero-order valence-electron chi connectivity index (χ0n) is 18.4. The lowest BCUT2D eigenvalue weighted by molar-refractivity contribution is 0.0659. The molecule has 2 aromatic carbocycles. The van der Waals surface area contributed by atoms with E-state index in [0.29, 0.717) is 12.5 Å². The van der Waals surface area contributed by atoms with E-state index in [-0.39, 0.29) is 11.8 Å². The number of carbonyl (C=O) groups excluding carboxylic acids is 2. The van der Waals surface area contributed by atoms with Crippen LogP contribution in [0.1, 0.15) is 58.4 Å². The van der Waals surface area contributed by atoms with E-state index in [9.17, 15) is 9.59 Å². The number of piperidine rings is 2. The van der Waals surface area contributed by atoms with E-state index >= 15 is 0 Å². The topological polar surface area (TPSA) is 49.9 Å². The quantitative estimate of drug-likeness (QED) is 0.713. The van der Waals surface area contributed by atoms with Crippen LogP contribution >= 0.6 is 0 Å². The van der Waals surface area contributed by atoms with Crippen LogP contribution in [0, 0.1) is 12.8 Å². The van der Waals surface area contributed by atoms with E-state index in [1.165, 1.54) is 6.42 Å². The summed E-state index contributed by atoms with van der Waals surface area (Å²) >= 11 is 0. The Kier molecular flexibility index (Phi) is 6.90. The SMILES string of the molecule is Cc1ccccc1C(=O)N1CCC(COc2ccc(C(=O)N3CCCCC3)cc2)CC1. The van der Waals surface area contributed by atoms with Crippen LogP contribution in [0.15, 0.2) is 48.5 Å². The molecule has 0 aliphatic carbocycles. The highest BCUT2D eigenvalue weighted by atomic mass is 16.5. The summed E-state index contributed by atoms with van der Waals surface area (Å²) in [5.41, 5.74) is 2.56. The van der Waals surface area contributed by atoms with Gasteiger partial charge in [-0.25, -0.2) is 0 Å². The van der Waals surface area contributed by atoms with E-state index in [1.807, 2.05) is 65.3 Å². The fourth-order valence-corrected chi connectivity index (χ4v) is 4.47. The third-order valence-electron chi connectivity index (χ3n) is 6.51. The third kappa shape index (κ3) is 5.27. The average Bonchev–Trinajstić information content (AvgIpc) is 2.83. The number of nitrogens with zero attached hydrogens (tertiary/aromatic N) is 2. The molecule has 164 valence electrons. The maximum atomic E-state index is 12.8. The van der Waals surface area contributed by atoms with Crippen LogP contribution in [0.4, 0.5) is 0 Å². The van der Waals surface area contributed by atoms with Crippen molar-refractivity contribution in [2.75, 3.05) is 32.8 Å². The van der Waals surface area contributed by atoms with E-state index in [4.69, 9.17) is 4.74 Å². The number of aryl methyl sites for hydroxylation is 1. The molecule has 2 heterocycles. The molecule has 0 spiro atoms. The number of hydrogen-bond donors (Lipinski definition) is 0. The fourth-order valence-electron chi connectivity index (χ4n) is 4.47. The largest absolute Gasteiger partial charge is 0.493 e. The van der Waals surface area contributed by atoms with Crippen LogP contribution in [-0.4, -0.2) is 54.4 Å². The van der Waals surface area contributed by atoms with Crippen LogP contribution < -0.4 is 4.74 Å². The number of benzene rings is 2. The second kappa shape index (κ2) is 9.99. The van der Waals surface area contributed by atoms with Crippen molar-refractivity contribution in [3.05, 3.63) is 65.2 Å². The molecule has 31 heavy (non-hydrogen) atoms. The number of amides is 2. The summed E-state index contributed by atoms with van der Waals surface area (Å²) in [6, 6.07) is 15.3. The molecular formula is C26H32N2O3. The minimum absolute atomic E-state index is 0.122. The number of hydrogen-bond acceptors (Lipinski definition) is 3. The summed E-state index contributed by atoms with van der Waals surface area (Å²) in [6.07, 6.45) is 5.31. The molecule has 0 bridgehead atoms. The van der Waals surface area contributed by atoms with Crippen LogP contribution in [0.25, 0.3) is 0 Å². The van der Waals surface area contributed by atoms with Crippen molar-refractivity contribution >= 4 is 11.8 Å². The molecule has 0 aromatic heterocycles. The van der Waals surface area contributed by atoms with Gasteiger partial charge >= 0.3 is 0 Å². The Hall–Kier alpha value is -2.82. The van der Waals surface area contributed by atoms with Crippen molar-refractivity contribution in [1.82, 2.24) is 9.80 Å². The predicted molar refractivity (Wildman–Crippen MR) is 121 cm³/mol. The van der Waals surface area contributed by atoms with Gasteiger partial charge in [0.15, 0.2) is 0 Å². The summed E-state index contributed by atoms with van der Waals surface area (Å²) < 4.78 is 6.00. The lowest BCUT2D eigenvalue weighted by Crippen LogP contribution is -2.40. The average molecular weight is 421 g/mol. The van der Waals surface area contributed by atoms with Crippen molar-refractivity contribution < 1.29 is 14.3 Å². The van der Waals surface area contributed by atoms with Crippen LogP contribution in [0.3, 0.4) is 0 Å². The molecule has 5 heteroatoms. The lowest BCUT2D eigenvalue weighted by atomic mass is 9.96. The predicted octanol–water partition coefficient (Wildman–Crippen LogP) is 4.55. The van der Waals surface area contributed by atoms with Crippen molar-refractivity contribution in [3.8, 4) is 5.75 Å². The van der Waals surface area contributed by atoms with Crippen molar-refractivity contribution in [2.45, 2.75) is 39.0 Å². The lowest BCUT2D eigenvalue weighted by Gasteiger charge is -2.32. The zero-order valence-corrected chi connectivity index (χ0v) is 18.4. The zero-order chi connectivity index (χ0) is 21.6. The second-order valence-corrected chi connectivity index (χ2v) is 8.74. The second-order valence-electron chi connectivity index (χ2n) is 8.74. The molecule has 2 aromatic rings. The van der Waals surface area contributed by atoms with Crippen LogP contribution in [-0.2, 0) is 0 Å². The Morgan fingerprint density at radius 3 is 2.16 bits per heavy atom. The van der Waals surface area contributed by atoms with Crippen molar-refractivity contribution in [2.24, 2.45) is 5.92 Å². The summed E-state index contributed by atoms with van der Waals surface area (Å²) in [5, 5.41) is 0. The first-order valence-electron chi connectivity index (χ1n) is 11.5. The Labute approximate surface area is 185 Å². The van der Waals surface area contributed by atoms with Crippen molar-refractivity contribution in [1.29, 1.82) is 0 Å². The molecule has 2 aliphatic heterocycles. The molecule has 0 saturated carbocycles. The minimum atomic E-state index is 0.122. The highest BCUT2D eigenvalue weighted by Crippen LogP contribution is 2.22. The molecule has 2 amide bonds. The smallest absolute Gasteiger partial charge is 0.254 e. The number of carbonyl (C=O) groups is 2. The summed E-state index contributed by atoms with van der Waals surface area (Å²) in [5.74, 6) is 1.49. The monoisotopic (exact) mass is 420 g/mol. The van der Waals surface area contributed by atoms with Crippen LogP contribution in [0.2, 0.25) is 0 Å². The first kappa shape index (κ1) is 21.4. The van der Waals surface area contributed by atoms with Gasteiger partial charge in [-0.15, -0.1) is 0 Å². The molecule has 2 aliphatic rings. The van der Waals surface area contributed by atoms with Gasteiger partial charge in [0.05, 0.1) is 6.61 Å². The van der Waals surface area contributed by atoms with Gasteiger partial charge in [-0.3, -0.25) is 9.59 Å². The Morgan fingerprint density at radius 1 is 0.839 bits per heavy atom. The van der Waals surface area contributed by atoms with Gasteiger partial charge < -0.3 is 14.5 Å². The van der Waals surface area contributed by atoms with Gasteiger partial charge in [0, 0.05) is 37.3 Å². The van der Waals surface area contributed by atoms with E-state index in [0.717, 1.165) is 74.3 Å². The molecule has 0 N–H and O–H groups in total. The maximum absolute atomic E-state index is 12.8. The van der Waals surface area contributed by atoms with Crippen LogP contribution in [0.5, 0.6) is 5.75 Å². The first-order valence-corrected chi connectivity index (χ1v) is 11.5. The molecule has 0 radical (unpaired) electrons. The first-order chi connectivity index (χ1) is 15.1. The normalized spacial score (nSPS) is 17.5. The summed E-state index contributed by atoms with van der Waals surface area (Å²) in [7, 11) is 0. The number of rotatable bonds is 5. The molecule has 2 fully saturated rings. The van der Waals surface area contributed by atoms with Gasteiger partial charge in [-0.1, -0.05) is 18.2 Å². The highest BCUT2D eigenvalue weighted by Gasteiger charge is 2.25. The van der Waals surface area contributed by atoms with Gasteiger partial charge in [0.1, 0.15) is 5.75 Å². The van der Waals surface area contributed by atoms with E-state index < -0.39 is 0 Å². The molecule has 0 unspecified atom stereocenters. The minimum Gasteiger partial charge on any atom is -0.493 e. The molecule has 5 nitrogen and oxygen atoms in total. The number of ether oxygens (including phenoxy) is 1. The molecular weight excluding hydrogens is 388 g/mol. The molecule has 2 saturated heterocycles. The van der Waals surface area contributed by atoms with E-state index in [2.05, 4.69) is 0 Å². The van der Waals surface area contributed by atoms with Gasteiger partial charge in [0.2, 0.25) is 0 Å². The Morgan fingerprint density at radius 2 is 1.48 bits per heavy atom. The Balaban J connectivity index is 1.24. The standard InChI is InChI=1S/C26H32N2O3/c1-20-7-3-4-8-24(20)26(30)28-17-13-21(14-18-28)19-31-23-11-9-22(10-12-23)25(29)27-15-5-2-6-16-27/h3-4,7-12,21H,2,5-6,13-19H2,1H3.